The van der Waals surface area contributed by atoms with Crippen LogP contribution >= 0.6 is 0 Å². The van der Waals surface area contributed by atoms with E-state index in [2.05, 4.69) is 16.6 Å². The molecule has 1 fully saturated rings. The minimum atomic E-state index is -0.454. The lowest BCUT2D eigenvalue weighted by atomic mass is 10.0. The predicted molar refractivity (Wildman–Crippen MR) is 162 cm³/mol. The summed E-state index contributed by atoms with van der Waals surface area (Å²) >= 11 is 0. The van der Waals surface area contributed by atoms with Gasteiger partial charge in [0.15, 0.2) is 0 Å². The Bertz CT molecular complexity index is 1570. The lowest BCUT2D eigenvalue weighted by molar-refractivity contribution is 0.173. The lowest BCUT2D eigenvalue weighted by Gasteiger charge is -2.24. The van der Waals surface area contributed by atoms with Gasteiger partial charge in [0.25, 0.3) is 0 Å². The van der Waals surface area contributed by atoms with Crippen LogP contribution in [0, 0.1) is 11.2 Å². The van der Waals surface area contributed by atoms with E-state index in [1.165, 1.54) is 6.08 Å². The number of hydrogen-bond acceptors (Lipinski definition) is 8. The van der Waals surface area contributed by atoms with E-state index in [1.54, 1.807) is 42.5 Å². The molecule has 1 aliphatic carbocycles. The molecule has 9 heteroatoms. The zero-order valence-corrected chi connectivity index (χ0v) is 23.0. The Morgan fingerprint density at radius 1 is 1.05 bits per heavy atom. The highest BCUT2D eigenvalue weighted by atomic mass is 19.1. The van der Waals surface area contributed by atoms with Gasteiger partial charge in [0.2, 0.25) is 0 Å². The van der Waals surface area contributed by atoms with Crippen LogP contribution in [0.5, 0.6) is 11.5 Å². The number of benzene rings is 3. The molecule has 8 nitrogen and oxygen atoms in total. The van der Waals surface area contributed by atoms with Crippen molar-refractivity contribution >= 4 is 17.1 Å². The number of ether oxygens (including phenoxy) is 2. The Labute approximate surface area is 244 Å². The van der Waals surface area contributed by atoms with Crippen molar-refractivity contribution < 1.29 is 24.2 Å². The average molecular weight is 569 g/mol. The topological polar surface area (TPSA) is 124 Å². The van der Waals surface area contributed by atoms with Gasteiger partial charge in [0, 0.05) is 41.9 Å². The third-order valence-corrected chi connectivity index (χ3v) is 7.38. The fourth-order valence-electron chi connectivity index (χ4n) is 5.17. The Balaban J connectivity index is 1.39. The number of nitrogens with two attached hydrogens (primary N) is 1. The first kappa shape index (κ1) is 28.8. The Kier molecular flexibility index (Phi) is 8.80. The molecular formula is C33H33FN4O4. The molecule has 0 aromatic heterocycles. The summed E-state index contributed by atoms with van der Waals surface area (Å²) < 4.78 is 27.7. The Morgan fingerprint density at radius 2 is 1.83 bits per heavy atom. The van der Waals surface area contributed by atoms with Crippen LogP contribution < -0.4 is 15.2 Å². The second-order valence-electron chi connectivity index (χ2n) is 10.3. The van der Waals surface area contributed by atoms with E-state index >= 15 is 4.39 Å². The molecule has 2 aliphatic rings. The van der Waals surface area contributed by atoms with Crippen LogP contribution in [0.25, 0.3) is 11.1 Å². The fourth-order valence-corrected chi connectivity index (χ4v) is 5.17. The molecule has 0 spiro atoms. The molecule has 5 rings (SSSR count). The van der Waals surface area contributed by atoms with Gasteiger partial charge < -0.3 is 25.5 Å². The first-order chi connectivity index (χ1) is 20.4. The summed E-state index contributed by atoms with van der Waals surface area (Å²) in [6.45, 7) is 4.94. The van der Waals surface area contributed by atoms with E-state index in [0.29, 0.717) is 53.4 Å². The number of aliphatic hydroxyl groups excluding tert-OH is 1. The van der Waals surface area contributed by atoms with E-state index in [0.717, 1.165) is 11.1 Å². The van der Waals surface area contributed by atoms with Crippen molar-refractivity contribution in [3.05, 3.63) is 114 Å². The van der Waals surface area contributed by atoms with E-state index in [9.17, 15) is 5.11 Å². The number of nitrogen functional groups attached to an aromatic ring is 1. The summed E-state index contributed by atoms with van der Waals surface area (Å²) in [5.41, 5.74) is 10.2. The lowest BCUT2D eigenvalue weighted by Crippen LogP contribution is -2.28. The summed E-state index contributed by atoms with van der Waals surface area (Å²) in [6, 6.07) is 18.0. The fraction of sp³-hybridized carbons (Fsp3) is 0.212. The van der Waals surface area contributed by atoms with Crippen molar-refractivity contribution in [3.63, 3.8) is 0 Å². The van der Waals surface area contributed by atoms with E-state index in [-0.39, 0.29) is 36.5 Å². The zero-order chi connectivity index (χ0) is 29.6. The summed E-state index contributed by atoms with van der Waals surface area (Å²) in [5.74, 6) is 0.489. The summed E-state index contributed by atoms with van der Waals surface area (Å²) in [6.07, 6.45) is 6.78. The third kappa shape index (κ3) is 6.43. The molecule has 0 amide bonds. The number of oxime groups is 1. The molecule has 1 heterocycles. The maximum absolute atomic E-state index is 15.4. The molecular weight excluding hydrogens is 535 g/mol. The second kappa shape index (κ2) is 12.8. The van der Waals surface area contributed by atoms with Crippen molar-refractivity contribution in [1.29, 1.82) is 5.41 Å². The second-order valence-corrected chi connectivity index (χ2v) is 10.3. The van der Waals surface area contributed by atoms with E-state index in [4.69, 9.17) is 25.8 Å². The summed E-state index contributed by atoms with van der Waals surface area (Å²) in [4.78, 5) is 2.10. The number of β-amino-alcohol motifs (C(OH)–C–C–N with tert-alkyl or cyclic N) is 1. The highest BCUT2D eigenvalue weighted by Crippen LogP contribution is 2.35. The molecule has 2 unspecified atom stereocenters. The number of allylic oxidation sites excluding steroid dienone is 2. The summed E-state index contributed by atoms with van der Waals surface area (Å²) in [5, 5.41) is 30.4. The average Bonchev–Trinajstić information content (AvgIpc) is 3.36. The Hall–Kier alpha value is -4.73. The van der Waals surface area contributed by atoms with E-state index < -0.39 is 6.10 Å². The van der Waals surface area contributed by atoms with Crippen LogP contribution in [0.4, 0.5) is 10.1 Å². The van der Waals surface area contributed by atoms with Crippen molar-refractivity contribution in [2.24, 2.45) is 5.16 Å². The largest absolute Gasteiger partial charge is 0.488 e. The van der Waals surface area contributed by atoms with E-state index in [1.807, 2.05) is 36.4 Å². The van der Waals surface area contributed by atoms with Crippen LogP contribution in [-0.2, 0) is 13.2 Å². The van der Waals surface area contributed by atoms with Gasteiger partial charge in [0.1, 0.15) is 36.2 Å². The third-order valence-electron chi connectivity index (χ3n) is 7.38. The molecule has 2 atom stereocenters. The Morgan fingerprint density at radius 3 is 2.57 bits per heavy atom. The quantitative estimate of drug-likeness (QED) is 0.0842. The number of aliphatic hydroxyl groups is 1. The molecule has 1 aliphatic heterocycles. The minimum Gasteiger partial charge on any atom is -0.488 e. The SMILES string of the molecule is C=CC1CC(O)CN1Cc1cc(N)c(OCc2cccc(-c3ccccc3)c2F)cc1OCC1=CC(=N)/C(=N\O)C=C1. The highest BCUT2D eigenvalue weighted by molar-refractivity contribution is 6.50. The van der Waals surface area contributed by atoms with Crippen LogP contribution in [0.2, 0.25) is 0 Å². The first-order valence-corrected chi connectivity index (χ1v) is 13.6. The molecule has 1 saturated heterocycles. The number of rotatable bonds is 10. The van der Waals surface area contributed by atoms with Crippen LogP contribution in [0.15, 0.2) is 102 Å². The molecule has 0 radical (unpaired) electrons. The van der Waals surface area contributed by atoms with Crippen molar-refractivity contribution in [2.45, 2.75) is 31.7 Å². The van der Waals surface area contributed by atoms with Crippen molar-refractivity contribution in [1.82, 2.24) is 4.90 Å². The number of likely N-dealkylation sites (tertiary alicyclic amines) is 1. The molecule has 5 N–H and O–H groups in total. The summed E-state index contributed by atoms with van der Waals surface area (Å²) in [7, 11) is 0. The normalized spacial score (nSPS) is 19.6. The van der Waals surface area contributed by atoms with Crippen LogP contribution in [0.3, 0.4) is 0 Å². The van der Waals surface area contributed by atoms with Gasteiger partial charge in [-0.05, 0) is 35.8 Å². The van der Waals surface area contributed by atoms with Gasteiger partial charge in [0.05, 0.1) is 17.5 Å². The number of anilines is 1. The first-order valence-electron chi connectivity index (χ1n) is 13.6. The van der Waals surface area contributed by atoms with Gasteiger partial charge >= 0.3 is 0 Å². The predicted octanol–water partition coefficient (Wildman–Crippen LogP) is 5.50. The molecule has 0 bridgehead atoms. The standard InChI is InChI=1S/C33H33FN4O4/c1-2-25-15-26(39)18-38(25)17-24-14-29(36)32(16-31(24)41-19-21-11-12-30(37-40)28(35)13-21)42-20-23-9-6-10-27(33(23)34)22-7-4-3-5-8-22/h2-14,16,25-26,35,39-40H,1,15,17-20,36H2/b35-28?,37-30-. The van der Waals surface area contributed by atoms with Gasteiger partial charge in [-0.1, -0.05) is 65.8 Å². The van der Waals surface area contributed by atoms with Gasteiger partial charge in [-0.15, -0.1) is 6.58 Å². The number of hydrogen-bond donors (Lipinski definition) is 4. The molecule has 3 aromatic rings. The molecule has 216 valence electrons. The highest BCUT2D eigenvalue weighted by Gasteiger charge is 2.29. The van der Waals surface area contributed by atoms with Gasteiger partial charge in [-0.3, -0.25) is 10.3 Å². The van der Waals surface area contributed by atoms with Gasteiger partial charge in [-0.2, -0.15) is 0 Å². The molecule has 3 aromatic carbocycles. The van der Waals surface area contributed by atoms with Crippen molar-refractivity contribution in [2.75, 3.05) is 18.9 Å². The van der Waals surface area contributed by atoms with Crippen LogP contribution in [-0.4, -0.2) is 51.9 Å². The monoisotopic (exact) mass is 568 g/mol. The maximum atomic E-state index is 15.4. The number of nitrogens with one attached hydrogen (secondary N) is 1. The molecule has 42 heavy (non-hydrogen) atoms. The smallest absolute Gasteiger partial charge is 0.146 e. The van der Waals surface area contributed by atoms with Crippen LogP contribution in [0.1, 0.15) is 17.5 Å². The zero-order valence-electron chi connectivity index (χ0n) is 23.0. The van der Waals surface area contributed by atoms with Crippen molar-refractivity contribution in [3.8, 4) is 22.6 Å². The minimum absolute atomic E-state index is 0.00511. The number of halogens is 1. The van der Waals surface area contributed by atoms with Gasteiger partial charge in [-0.25, -0.2) is 4.39 Å². The number of nitrogens with zero attached hydrogens (tertiary/aromatic N) is 2. The molecule has 0 saturated carbocycles. The maximum Gasteiger partial charge on any atom is 0.146 e.